The molecule has 2 fully saturated rings. The van der Waals surface area contributed by atoms with Crippen molar-refractivity contribution in [3.8, 4) is 17.0 Å². The molecule has 246 valence electrons. The number of nitrogens with one attached hydrogen (secondary N) is 3. The number of rotatable bonds is 8. The molecule has 13 heteroatoms. The molecule has 3 N–H and O–H groups in total. The number of morpholine rings is 1. The Morgan fingerprint density at radius 3 is 2.57 bits per heavy atom. The summed E-state index contributed by atoms with van der Waals surface area (Å²) in [6.45, 7) is 14.9. The Balaban J connectivity index is 1.28. The summed E-state index contributed by atoms with van der Waals surface area (Å²) in [4.78, 5) is 48.9. The number of halogens is 1. The number of carbonyl (C=O) groups is 3. The highest BCUT2D eigenvalue weighted by Gasteiger charge is 2.42. The van der Waals surface area contributed by atoms with Gasteiger partial charge in [-0.15, -0.1) is 11.3 Å². The Hall–Kier alpha value is -3.71. The van der Waals surface area contributed by atoms with Crippen LogP contribution in [0.25, 0.3) is 11.1 Å². The van der Waals surface area contributed by atoms with Crippen molar-refractivity contribution in [1.82, 2.24) is 20.1 Å². The summed E-state index contributed by atoms with van der Waals surface area (Å²) in [5.74, 6) is -0.00621. The number of carbonyl (C=O) groups excluding carboxylic acids is 3. The van der Waals surface area contributed by atoms with Crippen molar-refractivity contribution < 1.29 is 23.9 Å². The summed E-state index contributed by atoms with van der Waals surface area (Å²) in [7, 11) is 0. The number of pyridine rings is 1. The fraction of sp³-hybridized carbons (Fsp3) is 0.455. The number of urea groups is 1. The van der Waals surface area contributed by atoms with Gasteiger partial charge in [-0.1, -0.05) is 32.4 Å². The molecule has 1 aromatic carbocycles. The van der Waals surface area contributed by atoms with E-state index in [9.17, 15) is 14.4 Å². The fourth-order valence-corrected chi connectivity index (χ4v) is 6.56. The Kier molecular flexibility index (Phi) is 10.2. The number of benzene rings is 1. The molecule has 46 heavy (non-hydrogen) atoms. The zero-order chi connectivity index (χ0) is 33.1. The van der Waals surface area contributed by atoms with Gasteiger partial charge in [-0.25, -0.2) is 9.78 Å². The molecule has 2 aromatic heterocycles. The zero-order valence-electron chi connectivity index (χ0n) is 26.9. The van der Waals surface area contributed by atoms with E-state index in [4.69, 9.17) is 21.1 Å². The van der Waals surface area contributed by atoms with E-state index >= 15 is 0 Å². The normalized spacial score (nSPS) is 16.9. The van der Waals surface area contributed by atoms with Crippen molar-refractivity contribution in [3.05, 3.63) is 58.1 Å². The molecule has 0 unspecified atom stereocenters. The van der Waals surface area contributed by atoms with Gasteiger partial charge in [-0.05, 0) is 49.6 Å². The third-order valence-corrected chi connectivity index (χ3v) is 9.86. The number of anilines is 2. The summed E-state index contributed by atoms with van der Waals surface area (Å²) in [5, 5.41) is 9.48. The highest BCUT2D eigenvalue weighted by molar-refractivity contribution is 7.16. The molecule has 0 atom stereocenters. The molecule has 4 amide bonds. The van der Waals surface area contributed by atoms with E-state index in [0.29, 0.717) is 52.4 Å². The summed E-state index contributed by atoms with van der Waals surface area (Å²) in [6, 6.07) is 10.2. The first kappa shape index (κ1) is 33.6. The van der Waals surface area contributed by atoms with Crippen LogP contribution in [0.5, 0.6) is 5.88 Å². The van der Waals surface area contributed by atoms with Gasteiger partial charge >= 0.3 is 6.03 Å². The van der Waals surface area contributed by atoms with Crippen LogP contribution in [0.1, 0.15) is 49.9 Å². The first-order valence-corrected chi connectivity index (χ1v) is 16.5. The van der Waals surface area contributed by atoms with Crippen LogP contribution in [0, 0.1) is 0 Å². The minimum absolute atomic E-state index is 0.217. The molecule has 0 aliphatic carbocycles. The number of aromatic nitrogens is 1. The number of thiophene rings is 1. The molecule has 2 aliphatic heterocycles. The minimum Gasteiger partial charge on any atom is -0.476 e. The van der Waals surface area contributed by atoms with Gasteiger partial charge in [0.1, 0.15) is 17.1 Å². The van der Waals surface area contributed by atoms with Gasteiger partial charge in [0.15, 0.2) is 0 Å². The molecule has 11 nitrogen and oxygen atoms in total. The summed E-state index contributed by atoms with van der Waals surface area (Å²) < 4.78 is 11.2. The third kappa shape index (κ3) is 7.80. The zero-order valence-corrected chi connectivity index (χ0v) is 28.4. The topological polar surface area (TPSA) is 125 Å². The van der Waals surface area contributed by atoms with Crippen LogP contribution in [-0.4, -0.2) is 90.7 Å². The molecule has 0 radical (unpaired) electrons. The van der Waals surface area contributed by atoms with Crippen molar-refractivity contribution >= 4 is 51.5 Å². The van der Waals surface area contributed by atoms with Gasteiger partial charge in [0.25, 0.3) is 5.91 Å². The molecule has 0 bridgehead atoms. The molecular weight excluding hydrogens is 628 g/mol. The lowest BCUT2D eigenvalue weighted by atomic mass is 9.93. The maximum Gasteiger partial charge on any atom is 0.324 e. The average molecular weight is 669 g/mol. The van der Waals surface area contributed by atoms with E-state index in [1.807, 2.05) is 32.9 Å². The van der Waals surface area contributed by atoms with E-state index in [1.165, 1.54) is 11.3 Å². The highest BCUT2D eigenvalue weighted by atomic mass is 35.5. The quantitative estimate of drug-likeness (QED) is 0.291. The second kappa shape index (κ2) is 14.0. The Labute approximate surface area is 278 Å². The van der Waals surface area contributed by atoms with E-state index in [0.717, 1.165) is 43.3 Å². The van der Waals surface area contributed by atoms with Crippen molar-refractivity contribution in [2.75, 3.05) is 63.2 Å². The van der Waals surface area contributed by atoms with Gasteiger partial charge in [-0.3, -0.25) is 19.8 Å². The molecule has 4 heterocycles. The highest BCUT2D eigenvalue weighted by Crippen LogP contribution is 2.38. The number of nitrogens with zero attached hydrogens (tertiary/aromatic N) is 3. The van der Waals surface area contributed by atoms with Crippen LogP contribution in [0.3, 0.4) is 0 Å². The van der Waals surface area contributed by atoms with Crippen LogP contribution in [0.4, 0.5) is 15.5 Å². The van der Waals surface area contributed by atoms with E-state index in [1.54, 1.807) is 49.2 Å². The SMILES string of the molecule is CC(C)(C)c1cc(C(=O)N2CCNC(=O)C2(C)C)c(NC(=O)Nc2ccc(Cl)c(-c3ccc(OCCN4CCOCC4)nc3)c2)s1. The number of amides is 4. The van der Waals surface area contributed by atoms with Crippen LogP contribution in [0.15, 0.2) is 42.6 Å². The smallest absolute Gasteiger partial charge is 0.324 e. The van der Waals surface area contributed by atoms with Gasteiger partial charge in [0.2, 0.25) is 11.8 Å². The lowest BCUT2D eigenvalue weighted by Gasteiger charge is -2.41. The van der Waals surface area contributed by atoms with Crippen LogP contribution < -0.4 is 20.7 Å². The van der Waals surface area contributed by atoms with E-state index in [-0.39, 0.29) is 17.2 Å². The van der Waals surface area contributed by atoms with Crippen molar-refractivity contribution in [1.29, 1.82) is 0 Å². The average Bonchev–Trinajstić information content (AvgIpc) is 3.44. The molecule has 0 saturated carbocycles. The molecule has 5 rings (SSSR count). The van der Waals surface area contributed by atoms with Crippen LogP contribution in [-0.2, 0) is 14.9 Å². The fourth-order valence-electron chi connectivity index (χ4n) is 5.23. The molecular formula is C33H41ClN6O5S. The summed E-state index contributed by atoms with van der Waals surface area (Å²) in [6.07, 6.45) is 1.69. The predicted molar refractivity (Wildman–Crippen MR) is 181 cm³/mol. The molecule has 0 spiro atoms. The molecule has 3 aromatic rings. The standard InChI is InChI=1S/C33H41ClN6O5S/c1-32(2,3)26-19-24(29(41)40-11-10-35-30(42)33(40,4)5)28(46-26)38-31(43)37-22-7-8-25(34)23(18-22)21-6-9-27(36-20-21)45-17-14-39-12-15-44-16-13-39/h6-9,18-20H,10-17H2,1-5H3,(H,35,42)(H2,37,38,43). The number of hydrogen-bond donors (Lipinski definition) is 3. The molecule has 2 saturated heterocycles. The first-order valence-electron chi connectivity index (χ1n) is 15.3. The maximum absolute atomic E-state index is 13.8. The van der Waals surface area contributed by atoms with Gasteiger partial charge in [0, 0.05) is 71.7 Å². The van der Waals surface area contributed by atoms with Crippen molar-refractivity contribution in [3.63, 3.8) is 0 Å². The van der Waals surface area contributed by atoms with Crippen molar-refractivity contribution in [2.24, 2.45) is 0 Å². The van der Waals surface area contributed by atoms with Gasteiger partial charge < -0.3 is 25.0 Å². The maximum atomic E-state index is 13.8. The first-order chi connectivity index (χ1) is 21.8. The molecule has 2 aliphatic rings. The Morgan fingerprint density at radius 1 is 1.11 bits per heavy atom. The monoisotopic (exact) mass is 668 g/mol. The van der Waals surface area contributed by atoms with Gasteiger partial charge in [-0.2, -0.15) is 0 Å². The predicted octanol–water partition coefficient (Wildman–Crippen LogP) is 5.47. The van der Waals surface area contributed by atoms with Gasteiger partial charge in [0.05, 0.1) is 18.8 Å². The number of hydrogen-bond acceptors (Lipinski definition) is 8. The van der Waals surface area contributed by atoms with Crippen molar-refractivity contribution in [2.45, 2.75) is 45.6 Å². The summed E-state index contributed by atoms with van der Waals surface area (Å²) >= 11 is 7.89. The lowest BCUT2D eigenvalue weighted by molar-refractivity contribution is -0.133. The van der Waals surface area contributed by atoms with Crippen LogP contribution in [0.2, 0.25) is 5.02 Å². The Morgan fingerprint density at radius 2 is 1.87 bits per heavy atom. The van der Waals surface area contributed by atoms with Crippen LogP contribution >= 0.6 is 22.9 Å². The second-order valence-corrected chi connectivity index (χ2v) is 14.3. The Bertz CT molecular complexity index is 1580. The second-order valence-electron chi connectivity index (χ2n) is 12.8. The van der Waals surface area contributed by atoms with E-state index < -0.39 is 11.6 Å². The minimum atomic E-state index is -1.03. The third-order valence-electron chi connectivity index (χ3n) is 8.06. The number of ether oxygens (including phenoxy) is 2. The summed E-state index contributed by atoms with van der Waals surface area (Å²) in [5.41, 5.74) is 1.04. The largest absolute Gasteiger partial charge is 0.476 e. The lowest BCUT2D eigenvalue weighted by Crippen LogP contribution is -2.63. The number of piperazine rings is 1. The van der Waals surface area contributed by atoms with E-state index in [2.05, 4.69) is 25.8 Å².